The molecule has 0 saturated heterocycles. The molecule has 0 aromatic carbocycles. The molecule has 4 nitrogen and oxygen atoms in total. The monoisotopic (exact) mass is 209 g/mol. The minimum atomic E-state index is -0.113. The van der Waals surface area contributed by atoms with E-state index in [0.29, 0.717) is 5.95 Å². The Morgan fingerprint density at radius 2 is 2.00 bits per heavy atom. The highest BCUT2D eigenvalue weighted by Crippen LogP contribution is 2.18. The van der Waals surface area contributed by atoms with Crippen molar-refractivity contribution in [3.63, 3.8) is 0 Å². The molecule has 0 fully saturated rings. The fraction of sp³-hybridized carbons (Fsp3) is 0.636. The van der Waals surface area contributed by atoms with Crippen LogP contribution < -0.4 is 10.9 Å². The quantitative estimate of drug-likeness (QED) is 0.782. The average molecular weight is 209 g/mol. The van der Waals surface area contributed by atoms with Gasteiger partial charge in [-0.25, -0.2) is 4.98 Å². The molecule has 1 heterocycles. The van der Waals surface area contributed by atoms with Crippen LogP contribution in [0, 0.1) is 0 Å². The van der Waals surface area contributed by atoms with Gasteiger partial charge in [-0.3, -0.25) is 9.78 Å². The second kappa shape index (κ2) is 4.04. The van der Waals surface area contributed by atoms with E-state index in [4.69, 9.17) is 0 Å². The summed E-state index contributed by atoms with van der Waals surface area (Å²) in [7, 11) is 0. The number of nitrogens with zero attached hydrogens (tertiary/aromatic N) is 1. The molecular formula is C11H19N3O. The van der Waals surface area contributed by atoms with Crippen LogP contribution in [0.2, 0.25) is 0 Å². The number of aromatic nitrogens is 2. The van der Waals surface area contributed by atoms with E-state index in [0.717, 1.165) is 5.69 Å². The van der Waals surface area contributed by atoms with Crippen LogP contribution in [0.25, 0.3) is 0 Å². The van der Waals surface area contributed by atoms with Crippen LogP contribution in [0.4, 0.5) is 5.95 Å². The van der Waals surface area contributed by atoms with E-state index in [1.807, 2.05) is 34.6 Å². The maximum absolute atomic E-state index is 11.4. The van der Waals surface area contributed by atoms with Gasteiger partial charge in [0.05, 0.1) is 5.69 Å². The molecule has 0 saturated carbocycles. The molecule has 2 N–H and O–H groups in total. The van der Waals surface area contributed by atoms with Gasteiger partial charge in [0.25, 0.3) is 5.56 Å². The number of anilines is 1. The summed E-state index contributed by atoms with van der Waals surface area (Å²) in [5, 5.41) is 3.09. The van der Waals surface area contributed by atoms with Gasteiger partial charge in [-0.1, -0.05) is 20.8 Å². The summed E-state index contributed by atoms with van der Waals surface area (Å²) in [6.07, 6.45) is 0. The summed E-state index contributed by atoms with van der Waals surface area (Å²) in [5.41, 5.74) is 0.578. The lowest BCUT2D eigenvalue weighted by Crippen LogP contribution is -2.23. The second-order valence-corrected chi connectivity index (χ2v) is 5.03. The third kappa shape index (κ3) is 3.38. The zero-order chi connectivity index (χ0) is 11.6. The highest BCUT2D eigenvalue weighted by atomic mass is 16.1. The van der Waals surface area contributed by atoms with Crippen molar-refractivity contribution in [2.45, 2.75) is 46.1 Å². The van der Waals surface area contributed by atoms with Crippen molar-refractivity contribution in [3.8, 4) is 0 Å². The molecule has 1 rings (SSSR count). The molecular weight excluding hydrogens is 190 g/mol. The Bertz CT molecular complexity index is 388. The summed E-state index contributed by atoms with van der Waals surface area (Å²) in [5.74, 6) is 0.544. The first-order valence-electron chi connectivity index (χ1n) is 5.17. The fourth-order valence-corrected chi connectivity index (χ4v) is 1.18. The Balaban J connectivity index is 3.11. The maximum Gasteiger partial charge on any atom is 0.252 e. The zero-order valence-corrected chi connectivity index (χ0v) is 10.0. The molecule has 0 aliphatic heterocycles. The van der Waals surface area contributed by atoms with Crippen LogP contribution in [-0.4, -0.2) is 16.0 Å². The normalized spacial score (nSPS) is 11.9. The standard InChI is InChI=1S/C11H19N3O/c1-7(2)12-10-13-8(11(3,4)5)6-9(15)14-10/h6-7H,1-5H3,(H2,12,13,14,15). The van der Waals surface area contributed by atoms with Gasteiger partial charge in [-0.2, -0.15) is 0 Å². The number of hydrogen-bond acceptors (Lipinski definition) is 3. The number of aromatic amines is 1. The van der Waals surface area contributed by atoms with E-state index in [1.165, 1.54) is 0 Å². The lowest BCUT2D eigenvalue weighted by Gasteiger charge is -2.18. The zero-order valence-electron chi connectivity index (χ0n) is 10.0. The van der Waals surface area contributed by atoms with Crippen LogP contribution in [-0.2, 0) is 5.41 Å². The van der Waals surface area contributed by atoms with Crippen molar-refractivity contribution < 1.29 is 0 Å². The third-order valence-corrected chi connectivity index (χ3v) is 1.94. The van der Waals surface area contributed by atoms with Gasteiger partial charge >= 0.3 is 0 Å². The van der Waals surface area contributed by atoms with Gasteiger partial charge in [-0.15, -0.1) is 0 Å². The van der Waals surface area contributed by atoms with Crippen molar-refractivity contribution >= 4 is 5.95 Å². The summed E-state index contributed by atoms with van der Waals surface area (Å²) in [6, 6.07) is 1.80. The van der Waals surface area contributed by atoms with E-state index >= 15 is 0 Å². The maximum atomic E-state index is 11.4. The fourth-order valence-electron chi connectivity index (χ4n) is 1.18. The Morgan fingerprint density at radius 1 is 1.40 bits per heavy atom. The number of H-pyrrole nitrogens is 1. The average Bonchev–Trinajstić information content (AvgIpc) is 1.99. The Kier molecular flexibility index (Phi) is 3.17. The number of rotatable bonds is 2. The predicted molar refractivity (Wildman–Crippen MR) is 62.3 cm³/mol. The van der Waals surface area contributed by atoms with Crippen molar-refractivity contribution in [2.24, 2.45) is 0 Å². The Morgan fingerprint density at radius 3 is 2.47 bits per heavy atom. The second-order valence-electron chi connectivity index (χ2n) is 5.03. The molecule has 0 bridgehead atoms. The first-order valence-corrected chi connectivity index (χ1v) is 5.17. The van der Waals surface area contributed by atoms with Gasteiger partial charge in [0.1, 0.15) is 0 Å². The van der Waals surface area contributed by atoms with E-state index < -0.39 is 0 Å². The van der Waals surface area contributed by atoms with Crippen molar-refractivity contribution in [1.82, 2.24) is 9.97 Å². The van der Waals surface area contributed by atoms with Gasteiger partial charge in [0.2, 0.25) is 5.95 Å². The van der Waals surface area contributed by atoms with E-state index in [2.05, 4.69) is 15.3 Å². The minimum Gasteiger partial charge on any atom is -0.354 e. The molecule has 0 amide bonds. The lowest BCUT2D eigenvalue weighted by molar-refractivity contribution is 0.566. The predicted octanol–water partition coefficient (Wildman–Crippen LogP) is 1.89. The van der Waals surface area contributed by atoms with Gasteiger partial charge in [0, 0.05) is 17.5 Å². The highest BCUT2D eigenvalue weighted by Gasteiger charge is 2.17. The molecule has 0 atom stereocenters. The number of hydrogen-bond donors (Lipinski definition) is 2. The van der Waals surface area contributed by atoms with E-state index in [-0.39, 0.29) is 17.0 Å². The summed E-state index contributed by atoms with van der Waals surface area (Å²) < 4.78 is 0. The molecule has 0 radical (unpaired) electrons. The Labute approximate surface area is 90.1 Å². The van der Waals surface area contributed by atoms with Gasteiger partial charge in [-0.05, 0) is 13.8 Å². The van der Waals surface area contributed by atoms with Gasteiger partial charge < -0.3 is 5.32 Å². The first-order chi connectivity index (χ1) is 6.79. The van der Waals surface area contributed by atoms with Crippen molar-refractivity contribution in [1.29, 1.82) is 0 Å². The first kappa shape index (κ1) is 11.8. The van der Waals surface area contributed by atoms with Crippen LogP contribution in [0.15, 0.2) is 10.9 Å². The van der Waals surface area contributed by atoms with Crippen LogP contribution in [0.5, 0.6) is 0 Å². The minimum absolute atomic E-state index is 0.109. The molecule has 0 aliphatic carbocycles. The Hall–Kier alpha value is -1.32. The summed E-state index contributed by atoms with van der Waals surface area (Å²) >= 11 is 0. The van der Waals surface area contributed by atoms with Crippen LogP contribution in [0.1, 0.15) is 40.3 Å². The smallest absolute Gasteiger partial charge is 0.252 e. The van der Waals surface area contributed by atoms with Crippen LogP contribution in [0.3, 0.4) is 0 Å². The van der Waals surface area contributed by atoms with E-state index in [9.17, 15) is 4.79 Å². The molecule has 4 heteroatoms. The summed E-state index contributed by atoms with van der Waals surface area (Å²) in [6.45, 7) is 10.1. The molecule has 84 valence electrons. The molecule has 1 aromatic heterocycles. The number of nitrogens with one attached hydrogen (secondary N) is 2. The van der Waals surface area contributed by atoms with Gasteiger partial charge in [0.15, 0.2) is 0 Å². The molecule has 0 aliphatic rings. The highest BCUT2D eigenvalue weighted by molar-refractivity contribution is 5.28. The topological polar surface area (TPSA) is 57.8 Å². The lowest BCUT2D eigenvalue weighted by atomic mass is 9.92. The third-order valence-electron chi connectivity index (χ3n) is 1.94. The molecule has 1 aromatic rings. The van der Waals surface area contributed by atoms with E-state index in [1.54, 1.807) is 6.07 Å². The SMILES string of the molecule is CC(C)Nc1nc(C(C)(C)C)cc(=O)[nH]1. The van der Waals surface area contributed by atoms with Crippen molar-refractivity contribution in [2.75, 3.05) is 5.32 Å². The molecule has 0 spiro atoms. The molecule has 0 unspecified atom stereocenters. The van der Waals surface area contributed by atoms with Crippen molar-refractivity contribution in [3.05, 3.63) is 22.1 Å². The largest absolute Gasteiger partial charge is 0.354 e. The molecule has 15 heavy (non-hydrogen) atoms. The van der Waals surface area contributed by atoms with Crippen LogP contribution >= 0.6 is 0 Å². The summed E-state index contributed by atoms with van der Waals surface area (Å²) in [4.78, 5) is 18.5.